The Morgan fingerprint density at radius 1 is 1.44 bits per heavy atom. The van der Waals surface area contributed by atoms with Crippen LogP contribution in [-0.4, -0.2) is 9.55 Å². The minimum atomic E-state index is 0.512. The van der Waals surface area contributed by atoms with Crippen LogP contribution >= 0.6 is 15.9 Å². The van der Waals surface area contributed by atoms with Crippen molar-refractivity contribution in [2.75, 3.05) is 0 Å². The highest BCUT2D eigenvalue weighted by atomic mass is 79.9. The summed E-state index contributed by atoms with van der Waals surface area (Å²) in [6.45, 7) is 0.512. The lowest BCUT2D eigenvalue weighted by atomic mass is 10.0. The first kappa shape index (κ1) is 12.1. The van der Waals surface area contributed by atoms with Crippen molar-refractivity contribution in [2.24, 2.45) is 18.7 Å². The summed E-state index contributed by atoms with van der Waals surface area (Å²) in [6.07, 6.45) is 8.09. The molecule has 1 saturated carbocycles. The third-order valence-electron chi connectivity index (χ3n) is 3.70. The van der Waals surface area contributed by atoms with Gasteiger partial charge in [-0.1, -0.05) is 25.7 Å². The van der Waals surface area contributed by atoms with Crippen LogP contribution in [0.2, 0.25) is 0 Å². The number of aromatic nitrogens is 2. The zero-order chi connectivity index (χ0) is 11.5. The first-order chi connectivity index (χ1) is 7.72. The van der Waals surface area contributed by atoms with Gasteiger partial charge in [-0.2, -0.15) is 0 Å². The molecule has 2 N–H and O–H groups in total. The van der Waals surface area contributed by atoms with Crippen LogP contribution in [0.5, 0.6) is 0 Å². The third-order valence-corrected chi connectivity index (χ3v) is 4.34. The predicted molar refractivity (Wildman–Crippen MR) is 69.1 cm³/mol. The summed E-state index contributed by atoms with van der Waals surface area (Å²) < 4.78 is 3.12. The number of rotatable bonds is 4. The van der Waals surface area contributed by atoms with Gasteiger partial charge in [0.05, 0.1) is 12.2 Å². The Balaban J connectivity index is 2.00. The number of nitrogens with zero attached hydrogens (tertiary/aromatic N) is 2. The smallest absolute Gasteiger partial charge is 0.127 e. The molecule has 3 nitrogen and oxygen atoms in total. The van der Waals surface area contributed by atoms with Crippen molar-refractivity contribution in [3.8, 4) is 0 Å². The van der Waals surface area contributed by atoms with Crippen molar-refractivity contribution in [2.45, 2.75) is 45.1 Å². The van der Waals surface area contributed by atoms with Crippen LogP contribution in [0.15, 0.2) is 4.60 Å². The molecule has 0 radical (unpaired) electrons. The molecular formula is C12H20BrN3. The molecule has 0 aliphatic heterocycles. The second kappa shape index (κ2) is 5.32. The fourth-order valence-electron chi connectivity index (χ4n) is 2.64. The summed E-state index contributed by atoms with van der Waals surface area (Å²) in [5.74, 6) is 1.90. The van der Waals surface area contributed by atoms with Crippen LogP contribution in [0, 0.1) is 5.92 Å². The van der Waals surface area contributed by atoms with Gasteiger partial charge in [0.15, 0.2) is 0 Å². The topological polar surface area (TPSA) is 43.8 Å². The van der Waals surface area contributed by atoms with Crippen LogP contribution in [0.4, 0.5) is 0 Å². The first-order valence-electron chi connectivity index (χ1n) is 6.12. The molecule has 0 aromatic carbocycles. The first-order valence-corrected chi connectivity index (χ1v) is 6.91. The summed E-state index contributed by atoms with van der Waals surface area (Å²) in [6, 6.07) is 0. The standard InChI is InChI=1S/C12H20BrN3/c1-16-10(12(13)15-11(16)8-14)7-6-9-4-2-3-5-9/h9H,2-8,14H2,1H3. The zero-order valence-electron chi connectivity index (χ0n) is 9.88. The van der Waals surface area contributed by atoms with Gasteiger partial charge < -0.3 is 10.3 Å². The Bertz CT molecular complexity index is 353. The number of halogens is 1. The van der Waals surface area contributed by atoms with E-state index in [9.17, 15) is 0 Å². The summed E-state index contributed by atoms with van der Waals surface area (Å²) in [7, 11) is 2.06. The van der Waals surface area contributed by atoms with Gasteiger partial charge in [0.25, 0.3) is 0 Å². The fraction of sp³-hybridized carbons (Fsp3) is 0.750. The van der Waals surface area contributed by atoms with E-state index in [-0.39, 0.29) is 0 Å². The van der Waals surface area contributed by atoms with Crippen molar-refractivity contribution < 1.29 is 0 Å². The van der Waals surface area contributed by atoms with E-state index >= 15 is 0 Å². The molecule has 1 aliphatic rings. The van der Waals surface area contributed by atoms with Gasteiger partial charge in [-0.05, 0) is 34.7 Å². The van der Waals surface area contributed by atoms with E-state index in [1.807, 2.05) is 0 Å². The highest BCUT2D eigenvalue weighted by molar-refractivity contribution is 9.10. The molecule has 1 aromatic rings. The number of imidazole rings is 1. The summed E-state index contributed by atoms with van der Waals surface area (Å²) in [4.78, 5) is 4.43. The van der Waals surface area contributed by atoms with Gasteiger partial charge in [0.2, 0.25) is 0 Å². The quantitative estimate of drug-likeness (QED) is 0.925. The molecule has 1 aromatic heterocycles. The Kier molecular flexibility index (Phi) is 4.03. The molecule has 0 amide bonds. The molecule has 16 heavy (non-hydrogen) atoms. The minimum Gasteiger partial charge on any atom is -0.333 e. The molecule has 0 atom stereocenters. The summed E-state index contributed by atoms with van der Waals surface area (Å²) in [5.41, 5.74) is 6.95. The molecule has 1 aliphatic carbocycles. The maximum atomic E-state index is 5.65. The van der Waals surface area contributed by atoms with Gasteiger partial charge in [0.1, 0.15) is 10.4 Å². The van der Waals surface area contributed by atoms with Crippen molar-refractivity contribution in [3.63, 3.8) is 0 Å². The Hall–Kier alpha value is -0.350. The predicted octanol–water partition coefficient (Wildman–Crippen LogP) is 2.76. The molecule has 90 valence electrons. The number of hydrogen-bond acceptors (Lipinski definition) is 2. The average Bonchev–Trinajstić information content (AvgIpc) is 2.86. The molecule has 0 unspecified atom stereocenters. The lowest BCUT2D eigenvalue weighted by Crippen LogP contribution is -2.08. The van der Waals surface area contributed by atoms with E-state index < -0.39 is 0 Å². The number of nitrogens with two attached hydrogens (primary N) is 1. The summed E-state index contributed by atoms with van der Waals surface area (Å²) >= 11 is 3.53. The molecule has 0 spiro atoms. The number of hydrogen-bond donors (Lipinski definition) is 1. The minimum absolute atomic E-state index is 0.512. The molecule has 4 heteroatoms. The van der Waals surface area contributed by atoms with Gasteiger partial charge in [-0.25, -0.2) is 4.98 Å². The normalized spacial score (nSPS) is 17.2. The lowest BCUT2D eigenvalue weighted by molar-refractivity contribution is 0.495. The lowest BCUT2D eigenvalue weighted by Gasteiger charge is -2.09. The molecule has 0 bridgehead atoms. The van der Waals surface area contributed by atoms with Crippen molar-refractivity contribution in [1.29, 1.82) is 0 Å². The largest absolute Gasteiger partial charge is 0.333 e. The Labute approximate surface area is 106 Å². The van der Waals surface area contributed by atoms with Crippen molar-refractivity contribution >= 4 is 15.9 Å². The van der Waals surface area contributed by atoms with Crippen LogP contribution in [-0.2, 0) is 20.0 Å². The third kappa shape index (κ3) is 2.48. The second-order valence-electron chi connectivity index (χ2n) is 4.72. The van der Waals surface area contributed by atoms with Gasteiger partial charge >= 0.3 is 0 Å². The fourth-order valence-corrected chi connectivity index (χ4v) is 3.31. The highest BCUT2D eigenvalue weighted by Crippen LogP contribution is 2.29. The maximum Gasteiger partial charge on any atom is 0.127 e. The zero-order valence-corrected chi connectivity index (χ0v) is 11.5. The van der Waals surface area contributed by atoms with Gasteiger partial charge in [-0.15, -0.1) is 0 Å². The molecule has 1 fully saturated rings. The van der Waals surface area contributed by atoms with Crippen LogP contribution in [0.1, 0.15) is 43.6 Å². The van der Waals surface area contributed by atoms with Crippen molar-refractivity contribution in [1.82, 2.24) is 9.55 Å². The van der Waals surface area contributed by atoms with E-state index in [4.69, 9.17) is 5.73 Å². The van der Waals surface area contributed by atoms with Gasteiger partial charge in [-0.3, -0.25) is 0 Å². The van der Waals surface area contributed by atoms with E-state index in [1.54, 1.807) is 0 Å². The van der Waals surface area contributed by atoms with Crippen LogP contribution in [0.25, 0.3) is 0 Å². The van der Waals surface area contributed by atoms with E-state index in [1.165, 1.54) is 37.8 Å². The highest BCUT2D eigenvalue weighted by Gasteiger charge is 2.17. The SMILES string of the molecule is Cn1c(CN)nc(Br)c1CCC1CCCC1. The molecule has 0 saturated heterocycles. The maximum absolute atomic E-state index is 5.65. The monoisotopic (exact) mass is 285 g/mol. The average molecular weight is 286 g/mol. The van der Waals surface area contributed by atoms with E-state index in [2.05, 4.69) is 32.5 Å². The summed E-state index contributed by atoms with van der Waals surface area (Å²) in [5, 5.41) is 0. The van der Waals surface area contributed by atoms with Gasteiger partial charge in [0, 0.05) is 7.05 Å². The molecular weight excluding hydrogens is 266 g/mol. The van der Waals surface area contributed by atoms with Crippen LogP contribution < -0.4 is 5.73 Å². The molecule has 2 rings (SSSR count). The Morgan fingerprint density at radius 3 is 2.69 bits per heavy atom. The van der Waals surface area contributed by atoms with Crippen LogP contribution in [0.3, 0.4) is 0 Å². The molecule has 1 heterocycles. The van der Waals surface area contributed by atoms with E-state index in [0.29, 0.717) is 6.54 Å². The van der Waals surface area contributed by atoms with E-state index in [0.717, 1.165) is 22.8 Å². The van der Waals surface area contributed by atoms with Crippen molar-refractivity contribution in [3.05, 3.63) is 16.1 Å². The Morgan fingerprint density at radius 2 is 2.12 bits per heavy atom. The second-order valence-corrected chi connectivity index (χ2v) is 5.47.